The Morgan fingerprint density at radius 3 is 2.70 bits per heavy atom. The average molecular weight is 274 g/mol. The molecule has 0 amide bonds. The number of aryl methyl sites for hydroxylation is 1. The third-order valence-corrected chi connectivity index (χ3v) is 3.08. The molecular weight excluding hydrogens is 256 g/mol. The van der Waals surface area contributed by atoms with E-state index in [4.69, 9.17) is 4.74 Å². The van der Waals surface area contributed by atoms with Gasteiger partial charge in [0.05, 0.1) is 20.1 Å². The molecule has 20 heavy (non-hydrogen) atoms. The highest BCUT2D eigenvalue weighted by atomic mass is 16.5. The Morgan fingerprint density at radius 1 is 1.30 bits per heavy atom. The molecule has 1 N–H and O–H groups in total. The molecule has 0 radical (unpaired) electrons. The number of nitrogens with one attached hydrogen (secondary N) is 1. The van der Waals surface area contributed by atoms with Crippen molar-refractivity contribution in [3.05, 3.63) is 47.5 Å². The van der Waals surface area contributed by atoms with Gasteiger partial charge in [-0.15, -0.1) is 10.2 Å². The third-order valence-electron chi connectivity index (χ3n) is 3.08. The van der Waals surface area contributed by atoms with Gasteiger partial charge in [-0.1, -0.05) is 24.3 Å². The fourth-order valence-electron chi connectivity index (χ4n) is 1.91. The predicted octanol–water partition coefficient (Wildman–Crippen LogP) is 0.820. The van der Waals surface area contributed by atoms with E-state index in [1.807, 2.05) is 35.9 Å². The van der Waals surface area contributed by atoms with E-state index in [-0.39, 0.29) is 12.4 Å². The van der Waals surface area contributed by atoms with Crippen LogP contribution in [0.5, 0.6) is 0 Å². The second-order valence-corrected chi connectivity index (χ2v) is 4.48. The van der Waals surface area contributed by atoms with E-state index in [2.05, 4.69) is 15.5 Å². The number of benzene rings is 1. The average Bonchev–Trinajstić information content (AvgIpc) is 2.86. The quantitative estimate of drug-likeness (QED) is 0.790. The van der Waals surface area contributed by atoms with E-state index in [0.29, 0.717) is 13.1 Å². The van der Waals surface area contributed by atoms with Crippen LogP contribution in [0, 0.1) is 0 Å². The summed E-state index contributed by atoms with van der Waals surface area (Å²) in [6, 6.07) is 7.82. The summed E-state index contributed by atoms with van der Waals surface area (Å²) in [5.41, 5.74) is 2.06. The summed E-state index contributed by atoms with van der Waals surface area (Å²) < 4.78 is 6.58. The van der Waals surface area contributed by atoms with Crippen LogP contribution >= 0.6 is 0 Å². The molecule has 0 fully saturated rings. The van der Waals surface area contributed by atoms with Gasteiger partial charge in [-0.05, 0) is 11.1 Å². The lowest BCUT2D eigenvalue weighted by Gasteiger charge is -2.09. The van der Waals surface area contributed by atoms with E-state index < -0.39 is 0 Å². The lowest BCUT2D eigenvalue weighted by Crippen LogP contribution is -2.17. The van der Waals surface area contributed by atoms with E-state index in [9.17, 15) is 4.79 Å². The minimum atomic E-state index is -0.231. The minimum Gasteiger partial charge on any atom is -0.469 e. The highest BCUT2D eigenvalue weighted by molar-refractivity contribution is 5.72. The molecule has 1 heterocycles. The lowest BCUT2D eigenvalue weighted by molar-refractivity contribution is -0.139. The fraction of sp³-hybridized carbons (Fsp3) is 0.357. The second-order valence-electron chi connectivity index (χ2n) is 4.48. The van der Waals surface area contributed by atoms with Crippen molar-refractivity contribution in [2.75, 3.05) is 7.11 Å². The van der Waals surface area contributed by atoms with Crippen LogP contribution in [0.25, 0.3) is 0 Å². The standard InChI is InChI=1S/C14H18N4O2/c1-18-10-16-17-13(18)9-15-8-12-6-4-3-5-11(12)7-14(19)20-2/h3-6,10,15H,7-9H2,1-2H3. The van der Waals surface area contributed by atoms with Crippen LogP contribution in [0.15, 0.2) is 30.6 Å². The maximum Gasteiger partial charge on any atom is 0.309 e. The normalized spacial score (nSPS) is 10.5. The number of hydrogen-bond donors (Lipinski definition) is 1. The molecule has 2 aromatic rings. The molecule has 2 rings (SSSR count). The molecule has 6 heteroatoms. The van der Waals surface area contributed by atoms with Crippen molar-refractivity contribution < 1.29 is 9.53 Å². The van der Waals surface area contributed by atoms with Crippen molar-refractivity contribution in [1.82, 2.24) is 20.1 Å². The number of aromatic nitrogens is 3. The van der Waals surface area contributed by atoms with Crippen molar-refractivity contribution in [2.45, 2.75) is 19.5 Å². The van der Waals surface area contributed by atoms with Crippen LogP contribution in [-0.4, -0.2) is 27.8 Å². The van der Waals surface area contributed by atoms with Gasteiger partial charge in [-0.25, -0.2) is 0 Å². The molecule has 0 aliphatic rings. The first-order valence-electron chi connectivity index (χ1n) is 6.38. The molecule has 0 saturated carbocycles. The molecule has 0 aliphatic carbocycles. The van der Waals surface area contributed by atoms with Crippen LogP contribution in [0.4, 0.5) is 0 Å². The number of methoxy groups -OCH3 is 1. The highest BCUT2D eigenvalue weighted by Gasteiger charge is 2.08. The van der Waals surface area contributed by atoms with Crippen LogP contribution in [0.2, 0.25) is 0 Å². The Bertz CT molecular complexity index is 580. The summed E-state index contributed by atoms with van der Waals surface area (Å²) in [5, 5.41) is 11.1. The Morgan fingerprint density at radius 2 is 2.05 bits per heavy atom. The summed E-state index contributed by atoms with van der Waals surface area (Å²) in [4.78, 5) is 11.4. The van der Waals surface area contributed by atoms with Gasteiger partial charge in [0.15, 0.2) is 0 Å². The maximum atomic E-state index is 11.4. The number of rotatable bonds is 6. The zero-order chi connectivity index (χ0) is 14.4. The first-order valence-corrected chi connectivity index (χ1v) is 6.38. The Kier molecular flexibility index (Phi) is 4.84. The molecule has 0 unspecified atom stereocenters. The number of ether oxygens (including phenoxy) is 1. The molecule has 0 atom stereocenters. The van der Waals surface area contributed by atoms with Gasteiger partial charge in [0, 0.05) is 13.6 Å². The third kappa shape index (κ3) is 3.64. The van der Waals surface area contributed by atoms with Gasteiger partial charge in [0.1, 0.15) is 12.2 Å². The number of carbonyl (C=O) groups excluding carboxylic acids is 1. The predicted molar refractivity (Wildman–Crippen MR) is 73.7 cm³/mol. The molecule has 1 aromatic carbocycles. The fourth-order valence-corrected chi connectivity index (χ4v) is 1.91. The summed E-state index contributed by atoms with van der Waals surface area (Å²) in [6.45, 7) is 1.29. The molecule has 0 aliphatic heterocycles. The number of hydrogen-bond acceptors (Lipinski definition) is 5. The van der Waals surface area contributed by atoms with Gasteiger partial charge in [-0.2, -0.15) is 0 Å². The first kappa shape index (κ1) is 14.2. The van der Waals surface area contributed by atoms with Crippen molar-refractivity contribution >= 4 is 5.97 Å². The van der Waals surface area contributed by atoms with Crippen LogP contribution < -0.4 is 5.32 Å². The molecule has 106 valence electrons. The van der Waals surface area contributed by atoms with Crippen LogP contribution in [0.1, 0.15) is 17.0 Å². The number of nitrogens with zero attached hydrogens (tertiary/aromatic N) is 3. The van der Waals surface area contributed by atoms with Gasteiger partial charge < -0.3 is 14.6 Å². The molecule has 6 nitrogen and oxygen atoms in total. The minimum absolute atomic E-state index is 0.231. The first-order chi connectivity index (χ1) is 9.70. The van der Waals surface area contributed by atoms with E-state index in [0.717, 1.165) is 17.0 Å². The van der Waals surface area contributed by atoms with Gasteiger partial charge >= 0.3 is 5.97 Å². The Hall–Kier alpha value is -2.21. The molecule has 1 aromatic heterocycles. The van der Waals surface area contributed by atoms with Crippen molar-refractivity contribution in [2.24, 2.45) is 7.05 Å². The van der Waals surface area contributed by atoms with Crippen LogP contribution in [-0.2, 0) is 36.1 Å². The van der Waals surface area contributed by atoms with E-state index >= 15 is 0 Å². The molecule has 0 spiro atoms. The second kappa shape index (κ2) is 6.81. The molecular formula is C14H18N4O2. The monoisotopic (exact) mass is 274 g/mol. The summed E-state index contributed by atoms with van der Waals surface area (Å²) in [5.74, 6) is 0.640. The van der Waals surface area contributed by atoms with Gasteiger partial charge in [-0.3, -0.25) is 4.79 Å². The largest absolute Gasteiger partial charge is 0.469 e. The van der Waals surface area contributed by atoms with Crippen molar-refractivity contribution in [3.8, 4) is 0 Å². The maximum absolute atomic E-state index is 11.4. The zero-order valence-corrected chi connectivity index (χ0v) is 11.7. The zero-order valence-electron chi connectivity index (χ0n) is 11.7. The lowest BCUT2D eigenvalue weighted by atomic mass is 10.0. The summed E-state index contributed by atoms with van der Waals surface area (Å²) in [6.07, 6.45) is 1.96. The van der Waals surface area contributed by atoms with Crippen LogP contribution in [0.3, 0.4) is 0 Å². The smallest absolute Gasteiger partial charge is 0.309 e. The molecule has 0 saturated heterocycles. The highest BCUT2D eigenvalue weighted by Crippen LogP contribution is 2.10. The van der Waals surface area contributed by atoms with E-state index in [1.165, 1.54) is 7.11 Å². The number of carbonyl (C=O) groups is 1. The summed E-state index contributed by atoms with van der Waals surface area (Å²) in [7, 11) is 3.31. The van der Waals surface area contributed by atoms with Crippen molar-refractivity contribution in [3.63, 3.8) is 0 Å². The van der Waals surface area contributed by atoms with E-state index in [1.54, 1.807) is 6.33 Å². The molecule has 0 bridgehead atoms. The van der Waals surface area contributed by atoms with Crippen molar-refractivity contribution in [1.29, 1.82) is 0 Å². The number of esters is 1. The topological polar surface area (TPSA) is 69.0 Å². The Balaban J connectivity index is 1.95. The Labute approximate surface area is 117 Å². The van der Waals surface area contributed by atoms with Gasteiger partial charge in [0.25, 0.3) is 0 Å². The van der Waals surface area contributed by atoms with Gasteiger partial charge in [0.2, 0.25) is 0 Å². The summed E-state index contributed by atoms with van der Waals surface area (Å²) >= 11 is 0. The SMILES string of the molecule is COC(=O)Cc1ccccc1CNCc1nncn1C.